The Labute approximate surface area is 161 Å². The van der Waals surface area contributed by atoms with Gasteiger partial charge in [-0.2, -0.15) is 0 Å². The molecule has 1 unspecified atom stereocenters. The van der Waals surface area contributed by atoms with E-state index in [4.69, 9.17) is 0 Å². The molecule has 144 valence electrons. The average Bonchev–Trinajstić information content (AvgIpc) is 3.03. The summed E-state index contributed by atoms with van der Waals surface area (Å²) in [5.41, 5.74) is -0.531. The second-order valence-electron chi connectivity index (χ2n) is 6.76. The fourth-order valence-corrected chi connectivity index (χ4v) is 5.07. The highest BCUT2D eigenvalue weighted by molar-refractivity contribution is 7.90. The highest BCUT2D eigenvalue weighted by Crippen LogP contribution is 2.31. The van der Waals surface area contributed by atoms with Crippen molar-refractivity contribution < 1.29 is 22.8 Å². The van der Waals surface area contributed by atoms with Crippen molar-refractivity contribution in [1.29, 1.82) is 0 Å². The normalized spacial score (nSPS) is 23.1. The molecule has 2 aliphatic rings. The number of hydrogen-bond donors (Lipinski definition) is 1. The number of imide groups is 1. The smallest absolute Gasteiger partial charge is 0.319 e. The van der Waals surface area contributed by atoms with Crippen LogP contribution in [0.2, 0.25) is 0 Å². The summed E-state index contributed by atoms with van der Waals surface area (Å²) in [6.45, 7) is 1.06. The van der Waals surface area contributed by atoms with Crippen molar-refractivity contribution >= 4 is 27.9 Å². The number of urea groups is 1. The van der Waals surface area contributed by atoms with Crippen LogP contribution in [0.3, 0.4) is 0 Å². The van der Waals surface area contributed by atoms with Crippen LogP contribution in [0.1, 0.15) is 22.8 Å². The van der Waals surface area contributed by atoms with E-state index < -0.39 is 33.4 Å². The molecule has 2 aromatic carbocycles. The molecule has 0 saturated carbocycles. The third kappa shape index (κ3) is 2.50. The molecule has 8 nitrogen and oxygen atoms in total. The van der Waals surface area contributed by atoms with Crippen LogP contribution < -0.4 is 5.32 Å². The van der Waals surface area contributed by atoms with Gasteiger partial charge >= 0.3 is 6.03 Å². The molecule has 0 radical (unpaired) electrons. The summed E-state index contributed by atoms with van der Waals surface area (Å²) in [7, 11) is -3.99. The Hall–Kier alpha value is -3.20. The van der Waals surface area contributed by atoms with E-state index in [0.717, 1.165) is 4.90 Å². The highest BCUT2D eigenvalue weighted by atomic mass is 32.2. The second-order valence-corrected chi connectivity index (χ2v) is 8.59. The molecule has 1 saturated heterocycles. The summed E-state index contributed by atoms with van der Waals surface area (Å²) in [5.74, 6) is -1.15. The monoisotopic (exact) mass is 399 g/mol. The summed E-state index contributed by atoms with van der Waals surface area (Å²) >= 11 is 0. The second kappa shape index (κ2) is 6.16. The van der Waals surface area contributed by atoms with Gasteiger partial charge in [0.1, 0.15) is 10.4 Å². The molecule has 0 aliphatic carbocycles. The van der Waals surface area contributed by atoms with Crippen molar-refractivity contribution in [2.75, 3.05) is 13.1 Å². The Morgan fingerprint density at radius 2 is 1.57 bits per heavy atom. The maximum atomic E-state index is 12.9. The van der Waals surface area contributed by atoms with Crippen LogP contribution in [0.25, 0.3) is 0 Å². The zero-order valence-corrected chi connectivity index (χ0v) is 15.8. The van der Waals surface area contributed by atoms with Crippen LogP contribution in [0.4, 0.5) is 4.79 Å². The van der Waals surface area contributed by atoms with Crippen molar-refractivity contribution in [1.82, 2.24) is 14.5 Å². The van der Waals surface area contributed by atoms with Crippen molar-refractivity contribution in [3.05, 3.63) is 65.7 Å². The van der Waals surface area contributed by atoms with E-state index in [-0.39, 0.29) is 23.5 Å². The highest BCUT2D eigenvalue weighted by Gasteiger charge is 2.49. The molecular formula is C19H17N3O5S. The van der Waals surface area contributed by atoms with E-state index in [0.29, 0.717) is 9.87 Å². The maximum absolute atomic E-state index is 12.9. The number of nitrogens with one attached hydrogen (secondary N) is 1. The van der Waals surface area contributed by atoms with Gasteiger partial charge in [0, 0.05) is 6.54 Å². The Morgan fingerprint density at radius 1 is 0.929 bits per heavy atom. The first-order chi connectivity index (χ1) is 13.3. The predicted octanol–water partition coefficient (Wildman–Crippen LogP) is 1.30. The van der Waals surface area contributed by atoms with E-state index >= 15 is 0 Å². The zero-order chi connectivity index (χ0) is 20.1. The minimum absolute atomic E-state index is 0.0636. The Bertz CT molecular complexity index is 1100. The Balaban J connectivity index is 1.56. The van der Waals surface area contributed by atoms with E-state index in [1.54, 1.807) is 43.3 Å². The molecule has 0 bridgehead atoms. The first-order valence-corrected chi connectivity index (χ1v) is 10.1. The lowest BCUT2D eigenvalue weighted by molar-refractivity contribution is -0.131. The van der Waals surface area contributed by atoms with Crippen LogP contribution >= 0.6 is 0 Å². The molecule has 2 aliphatic heterocycles. The van der Waals surface area contributed by atoms with Crippen molar-refractivity contribution in [3.8, 4) is 0 Å². The molecule has 0 spiro atoms. The van der Waals surface area contributed by atoms with Crippen LogP contribution in [0, 0.1) is 0 Å². The Morgan fingerprint density at radius 3 is 2.25 bits per heavy atom. The van der Waals surface area contributed by atoms with Crippen LogP contribution in [-0.4, -0.2) is 48.6 Å². The molecule has 4 amide bonds. The molecule has 1 fully saturated rings. The lowest BCUT2D eigenvalue weighted by Gasteiger charge is -2.23. The van der Waals surface area contributed by atoms with Gasteiger partial charge in [-0.05, 0) is 24.6 Å². The van der Waals surface area contributed by atoms with E-state index in [1.807, 2.05) is 0 Å². The fourth-order valence-electron chi connectivity index (χ4n) is 3.51. The number of amides is 4. The first-order valence-electron chi connectivity index (χ1n) is 8.62. The average molecular weight is 399 g/mol. The van der Waals surface area contributed by atoms with Crippen LogP contribution in [-0.2, 0) is 20.4 Å². The third-order valence-corrected chi connectivity index (χ3v) is 6.91. The number of hydrogen-bond acceptors (Lipinski definition) is 5. The number of carbonyl (C=O) groups excluding carboxylic acids is 3. The van der Waals surface area contributed by atoms with Gasteiger partial charge in [0.15, 0.2) is 0 Å². The minimum Gasteiger partial charge on any atom is -0.319 e. The van der Waals surface area contributed by atoms with Gasteiger partial charge in [-0.1, -0.05) is 42.5 Å². The number of rotatable bonds is 4. The van der Waals surface area contributed by atoms with Crippen LogP contribution in [0.15, 0.2) is 59.5 Å². The first kappa shape index (κ1) is 18.2. The molecule has 1 N–H and O–H groups in total. The molecular weight excluding hydrogens is 382 g/mol. The Kier molecular flexibility index (Phi) is 4.00. The summed E-state index contributed by atoms with van der Waals surface area (Å²) in [5, 5.41) is 2.66. The number of benzene rings is 2. The van der Waals surface area contributed by atoms with Crippen molar-refractivity contribution in [2.45, 2.75) is 17.4 Å². The van der Waals surface area contributed by atoms with Crippen molar-refractivity contribution in [3.63, 3.8) is 0 Å². The predicted molar refractivity (Wildman–Crippen MR) is 98.7 cm³/mol. The van der Waals surface area contributed by atoms with Gasteiger partial charge < -0.3 is 5.32 Å². The maximum Gasteiger partial charge on any atom is 0.325 e. The topological polar surface area (TPSA) is 104 Å². The van der Waals surface area contributed by atoms with Crippen LogP contribution in [0.5, 0.6) is 0 Å². The zero-order valence-electron chi connectivity index (χ0n) is 15.0. The molecule has 2 aromatic rings. The molecule has 2 heterocycles. The van der Waals surface area contributed by atoms with Gasteiger partial charge in [-0.3, -0.25) is 14.5 Å². The fraction of sp³-hybridized carbons (Fsp3) is 0.211. The van der Waals surface area contributed by atoms with E-state index in [1.165, 1.54) is 18.2 Å². The molecule has 4 rings (SSSR count). The van der Waals surface area contributed by atoms with Gasteiger partial charge in [0.05, 0.1) is 12.1 Å². The summed E-state index contributed by atoms with van der Waals surface area (Å²) < 4.78 is 25.9. The summed E-state index contributed by atoms with van der Waals surface area (Å²) in [4.78, 5) is 38.6. The quantitative estimate of drug-likeness (QED) is 0.781. The largest absolute Gasteiger partial charge is 0.325 e. The standard InChI is InChI=1S/C19H17N3O5S/c1-19(13-7-3-2-4-8-13)17(24)21(18(25)20-19)11-12-22-16(23)14-9-5-6-10-15(14)28(22,26)27/h2-10H,11-12H2,1H3,(H,20,25). The lowest BCUT2D eigenvalue weighted by atomic mass is 9.92. The van der Waals surface area contributed by atoms with E-state index in [2.05, 4.69) is 5.32 Å². The lowest BCUT2D eigenvalue weighted by Crippen LogP contribution is -2.43. The minimum atomic E-state index is -3.99. The molecule has 1 atom stereocenters. The summed E-state index contributed by atoms with van der Waals surface area (Å²) in [6.07, 6.45) is 0. The van der Waals surface area contributed by atoms with Gasteiger partial charge in [0.2, 0.25) is 0 Å². The van der Waals surface area contributed by atoms with Gasteiger partial charge in [-0.25, -0.2) is 17.5 Å². The van der Waals surface area contributed by atoms with E-state index in [9.17, 15) is 22.8 Å². The van der Waals surface area contributed by atoms with Crippen molar-refractivity contribution in [2.24, 2.45) is 0 Å². The molecule has 9 heteroatoms. The number of carbonyl (C=O) groups is 3. The SMILES string of the molecule is CC1(c2ccccc2)NC(=O)N(CCN2C(=O)c3ccccc3S2(=O)=O)C1=O. The number of fused-ring (bicyclic) bond motifs is 1. The third-order valence-electron chi connectivity index (χ3n) is 5.06. The number of nitrogens with zero attached hydrogens (tertiary/aromatic N) is 2. The van der Waals surface area contributed by atoms with Gasteiger partial charge in [0.25, 0.3) is 21.8 Å². The molecule has 0 aromatic heterocycles. The number of sulfonamides is 1. The summed E-state index contributed by atoms with van der Waals surface area (Å²) in [6, 6.07) is 14.1. The molecule has 28 heavy (non-hydrogen) atoms. The van der Waals surface area contributed by atoms with Gasteiger partial charge in [-0.15, -0.1) is 0 Å².